The number of ether oxygens (including phenoxy) is 1. The molecule has 49 heavy (non-hydrogen) atoms. The Morgan fingerprint density at radius 1 is 1.12 bits per heavy atom. The zero-order chi connectivity index (χ0) is 35.1. The van der Waals surface area contributed by atoms with Gasteiger partial charge in [-0.2, -0.15) is 13.9 Å². The molecule has 256 valence electrons. The highest BCUT2D eigenvalue weighted by atomic mass is 35.5. The maximum absolute atomic E-state index is 14.9. The Labute approximate surface area is 287 Å². The number of aromatic nitrogens is 5. The van der Waals surface area contributed by atoms with Gasteiger partial charge in [-0.05, 0) is 64.4 Å². The second-order valence-corrected chi connectivity index (χ2v) is 14.6. The molecule has 14 heteroatoms. The van der Waals surface area contributed by atoms with Crippen LogP contribution in [0.5, 0.6) is 0 Å². The smallest absolute Gasteiger partial charge is 0.391 e. The number of nitrogens with one attached hydrogen (secondary N) is 1. The van der Waals surface area contributed by atoms with Gasteiger partial charge in [-0.1, -0.05) is 69.6 Å². The molecule has 0 bridgehead atoms. The minimum absolute atomic E-state index is 0.0705. The van der Waals surface area contributed by atoms with Crippen LogP contribution < -0.4 is 10.4 Å². The highest BCUT2D eigenvalue weighted by Crippen LogP contribution is 2.49. The van der Waals surface area contributed by atoms with Crippen molar-refractivity contribution in [3.63, 3.8) is 0 Å². The number of rotatable bonds is 11. The topological polar surface area (TPSA) is 143 Å². The summed E-state index contributed by atoms with van der Waals surface area (Å²) in [5, 5.41) is 2.82. The van der Waals surface area contributed by atoms with Crippen LogP contribution >= 0.6 is 11.6 Å². The number of aliphatic imine (C=N–C) groups is 1. The van der Waals surface area contributed by atoms with Gasteiger partial charge in [0.2, 0.25) is 6.33 Å². The summed E-state index contributed by atoms with van der Waals surface area (Å²) >= 11 is 6.51. The van der Waals surface area contributed by atoms with Crippen LogP contribution in [0.4, 0.5) is 8.78 Å². The summed E-state index contributed by atoms with van der Waals surface area (Å²) in [5.41, 5.74) is 6.72. The Morgan fingerprint density at radius 2 is 1.82 bits per heavy atom. The normalized spacial score (nSPS) is 19.2. The minimum Gasteiger partial charge on any atom is -0.463 e. The lowest BCUT2D eigenvalue weighted by Crippen LogP contribution is -2.47. The Balaban J connectivity index is 1.41. The minimum atomic E-state index is -2.90. The Kier molecular flexibility index (Phi) is 8.99. The molecule has 0 saturated heterocycles. The average molecular weight is 692 g/mol. The fourth-order valence-electron chi connectivity index (χ4n) is 6.23. The molecule has 2 aromatic heterocycles. The fourth-order valence-corrected chi connectivity index (χ4v) is 6.43. The number of carbonyl (C=O) groups excluding carboxylic acids is 2. The molecule has 1 aliphatic heterocycles. The molecule has 2 aliphatic rings. The number of guanidine groups is 1. The molecule has 6 rings (SSSR count). The van der Waals surface area contributed by atoms with Crippen LogP contribution in [0, 0.1) is 10.8 Å². The molecule has 3 heterocycles. The molecule has 1 fully saturated rings. The SMILES string of the molecule is CC(C)(C)C[C@]1(c2ccc(-c3ncccn3)cc2)N=C(N)N([C@H](COC(=O)CC2(C)CC2)c2ccc(Cl)c(-[n+]3[nH]cnc3C(F)F)c2)C1=O. The van der Waals surface area contributed by atoms with Crippen molar-refractivity contribution < 1.29 is 27.8 Å². The number of nitrogens with zero attached hydrogens (tertiary/aromatic N) is 6. The van der Waals surface area contributed by atoms with Crippen molar-refractivity contribution in [3.8, 4) is 17.1 Å². The quantitative estimate of drug-likeness (QED) is 0.145. The highest BCUT2D eigenvalue weighted by molar-refractivity contribution is 6.32. The van der Waals surface area contributed by atoms with Gasteiger partial charge in [0.15, 0.2) is 23.0 Å². The summed E-state index contributed by atoms with van der Waals surface area (Å²) < 4.78 is 34.6. The molecule has 11 nitrogen and oxygen atoms in total. The van der Waals surface area contributed by atoms with Gasteiger partial charge in [0.05, 0.1) is 17.5 Å². The van der Waals surface area contributed by atoms with Crippen molar-refractivity contribution in [2.45, 2.75) is 71.4 Å². The molecule has 1 aliphatic carbocycles. The second-order valence-electron chi connectivity index (χ2n) is 14.2. The van der Waals surface area contributed by atoms with E-state index < -0.39 is 35.7 Å². The lowest BCUT2D eigenvalue weighted by atomic mass is 9.75. The van der Waals surface area contributed by atoms with Crippen molar-refractivity contribution in [2.24, 2.45) is 21.6 Å². The van der Waals surface area contributed by atoms with E-state index in [-0.39, 0.29) is 40.5 Å². The van der Waals surface area contributed by atoms with E-state index >= 15 is 0 Å². The number of nitrogens with two attached hydrogens (primary N) is 1. The zero-order valence-electron chi connectivity index (χ0n) is 27.7. The van der Waals surface area contributed by atoms with Crippen LogP contribution in [-0.2, 0) is 19.9 Å². The number of amides is 1. The van der Waals surface area contributed by atoms with Gasteiger partial charge in [0.25, 0.3) is 5.91 Å². The fraction of sp³-hybridized carbons (Fsp3) is 0.400. The lowest BCUT2D eigenvalue weighted by Gasteiger charge is -2.34. The molecule has 0 unspecified atom stereocenters. The average Bonchev–Trinajstić information content (AvgIpc) is 3.46. The van der Waals surface area contributed by atoms with Crippen molar-refractivity contribution in [2.75, 3.05) is 6.61 Å². The molecule has 1 saturated carbocycles. The molecule has 0 radical (unpaired) electrons. The van der Waals surface area contributed by atoms with Gasteiger partial charge in [-0.15, -0.1) is 4.68 Å². The number of hydrogen-bond acceptors (Lipinski definition) is 8. The van der Waals surface area contributed by atoms with Gasteiger partial charge < -0.3 is 10.5 Å². The van der Waals surface area contributed by atoms with E-state index in [2.05, 4.69) is 20.1 Å². The number of halogens is 3. The number of benzene rings is 2. The van der Waals surface area contributed by atoms with Crippen LogP contribution in [0.1, 0.15) is 82.8 Å². The lowest BCUT2D eigenvalue weighted by molar-refractivity contribution is -0.669. The maximum atomic E-state index is 14.9. The third-order valence-electron chi connectivity index (χ3n) is 8.89. The summed E-state index contributed by atoms with van der Waals surface area (Å²) in [5.74, 6) is -0.917. The van der Waals surface area contributed by atoms with Crippen LogP contribution in [0.3, 0.4) is 0 Å². The predicted octanol–water partition coefficient (Wildman–Crippen LogP) is 6.00. The van der Waals surface area contributed by atoms with E-state index in [0.29, 0.717) is 23.4 Å². The number of hydrogen-bond donors (Lipinski definition) is 2. The molecule has 1 amide bonds. The summed E-state index contributed by atoms with van der Waals surface area (Å²) in [4.78, 5) is 46.5. The van der Waals surface area contributed by atoms with Crippen LogP contribution in [0.15, 0.2) is 72.2 Å². The monoisotopic (exact) mass is 691 g/mol. The van der Waals surface area contributed by atoms with E-state index in [1.165, 1.54) is 11.0 Å². The van der Waals surface area contributed by atoms with Gasteiger partial charge in [0.1, 0.15) is 6.61 Å². The van der Waals surface area contributed by atoms with Crippen molar-refractivity contribution >= 4 is 29.4 Å². The van der Waals surface area contributed by atoms with Gasteiger partial charge in [-0.25, -0.2) is 15.0 Å². The summed E-state index contributed by atoms with van der Waals surface area (Å²) in [6, 6.07) is 12.8. The van der Waals surface area contributed by atoms with Crippen LogP contribution in [0.2, 0.25) is 5.02 Å². The van der Waals surface area contributed by atoms with E-state index in [9.17, 15) is 18.4 Å². The number of esters is 1. The first kappa shape index (κ1) is 34.1. The van der Waals surface area contributed by atoms with Crippen molar-refractivity contribution in [3.05, 3.63) is 89.2 Å². The van der Waals surface area contributed by atoms with Crippen molar-refractivity contribution in [1.82, 2.24) is 25.0 Å². The van der Waals surface area contributed by atoms with Gasteiger partial charge in [-0.3, -0.25) is 14.5 Å². The zero-order valence-corrected chi connectivity index (χ0v) is 28.4. The first-order valence-electron chi connectivity index (χ1n) is 16.0. The number of aromatic amines is 1. The largest absolute Gasteiger partial charge is 0.463 e. The molecule has 2 aromatic carbocycles. The first-order chi connectivity index (χ1) is 23.2. The third-order valence-corrected chi connectivity index (χ3v) is 9.21. The predicted molar refractivity (Wildman–Crippen MR) is 177 cm³/mol. The third kappa shape index (κ3) is 7.03. The number of carbonyl (C=O) groups is 2. The molecule has 0 spiro atoms. The summed E-state index contributed by atoms with van der Waals surface area (Å²) in [6.45, 7) is 7.78. The van der Waals surface area contributed by atoms with Crippen LogP contribution in [-0.4, -0.2) is 49.4 Å². The second kappa shape index (κ2) is 12.9. The number of alkyl halides is 2. The molecular formula is C35H38ClF2N8O3+. The first-order valence-corrected chi connectivity index (χ1v) is 16.3. The Morgan fingerprint density at radius 3 is 2.45 bits per heavy atom. The maximum Gasteiger partial charge on any atom is 0.391 e. The molecular weight excluding hydrogens is 654 g/mol. The van der Waals surface area contributed by atoms with Crippen molar-refractivity contribution in [1.29, 1.82) is 0 Å². The Hall–Kier alpha value is -4.78. The number of H-pyrrole nitrogens is 1. The summed E-state index contributed by atoms with van der Waals surface area (Å²) in [6.07, 6.45) is 3.93. The van der Waals surface area contributed by atoms with E-state index in [4.69, 9.17) is 27.1 Å². The van der Waals surface area contributed by atoms with E-state index in [1.54, 1.807) is 30.6 Å². The van der Waals surface area contributed by atoms with E-state index in [1.807, 2.05) is 52.0 Å². The molecule has 2 atom stereocenters. The van der Waals surface area contributed by atoms with E-state index in [0.717, 1.165) is 29.4 Å². The highest BCUT2D eigenvalue weighted by Gasteiger charge is 2.53. The summed E-state index contributed by atoms with van der Waals surface area (Å²) in [7, 11) is 0. The Bertz CT molecular complexity index is 1890. The van der Waals surface area contributed by atoms with Crippen LogP contribution in [0.25, 0.3) is 17.1 Å². The molecule has 3 N–H and O–H groups in total. The standard InChI is InChI=1S/C35H37ClF2N8O3/c1-33(2,3)19-35(23-9-6-21(7-10-23)29-40-14-5-15-41-29)31(48)45(32(39)44-35)26(18-49-27(47)17-34(4)12-13-34)22-8-11-24(36)25(16-22)46-30(28(37)38)42-20-43-46/h5-11,14-16,20,26,28H,12-13,17-19H2,1-4H3,(H2,39,44)/p+1/t26-,35-/m1/s1. The van der Waals surface area contributed by atoms with Gasteiger partial charge >= 0.3 is 18.2 Å². The van der Waals surface area contributed by atoms with Gasteiger partial charge in [0, 0.05) is 18.0 Å². The molecule has 4 aromatic rings.